The normalized spacial score (nSPS) is 16.4. The summed E-state index contributed by atoms with van der Waals surface area (Å²) in [6.45, 7) is 7.02. The number of rotatable bonds is 10. The molecule has 0 saturated carbocycles. The largest absolute Gasteiger partial charge is 0.379 e. The van der Waals surface area contributed by atoms with Gasteiger partial charge in [-0.1, -0.05) is 37.8 Å². The number of unbranched alkanes of at least 4 members (excludes halogenated alkanes) is 3. The molecule has 1 saturated heterocycles. The molecule has 1 aromatic rings. The Morgan fingerprint density at radius 1 is 1.20 bits per heavy atom. The van der Waals surface area contributed by atoms with E-state index in [0.717, 1.165) is 45.3 Å². The Morgan fingerprint density at radius 2 is 1.96 bits per heavy atom. The number of ether oxygens (including phenoxy) is 1. The van der Waals surface area contributed by atoms with Crippen LogP contribution in [0.5, 0.6) is 0 Å². The summed E-state index contributed by atoms with van der Waals surface area (Å²) in [7, 11) is -3.55. The highest BCUT2D eigenvalue weighted by Crippen LogP contribution is 2.18. The molecule has 0 aromatic carbocycles. The van der Waals surface area contributed by atoms with E-state index in [1.807, 2.05) is 0 Å². The van der Waals surface area contributed by atoms with E-state index >= 15 is 0 Å². The average molecular weight is 390 g/mol. The third-order valence-electron chi connectivity index (χ3n) is 4.37. The molecule has 0 atom stereocenters. The number of morpholine rings is 1. The highest BCUT2D eigenvalue weighted by molar-refractivity contribution is 7.89. The van der Waals surface area contributed by atoms with Crippen LogP contribution in [0.1, 0.15) is 32.6 Å². The van der Waals surface area contributed by atoms with Crippen LogP contribution in [0.2, 0.25) is 5.15 Å². The quantitative estimate of drug-likeness (QED) is 0.454. The second-order valence-electron chi connectivity index (χ2n) is 6.24. The number of aromatic nitrogens is 1. The highest BCUT2D eigenvalue weighted by Gasteiger charge is 2.25. The number of nitrogens with zero attached hydrogens (tertiary/aromatic N) is 3. The first-order chi connectivity index (χ1) is 12.0. The molecular weight excluding hydrogens is 362 g/mol. The van der Waals surface area contributed by atoms with E-state index in [-0.39, 0.29) is 4.90 Å². The van der Waals surface area contributed by atoms with Gasteiger partial charge in [-0.2, -0.15) is 4.31 Å². The van der Waals surface area contributed by atoms with Gasteiger partial charge in [-0.25, -0.2) is 13.4 Å². The Kier molecular flexibility index (Phi) is 8.58. The fraction of sp³-hybridized carbons (Fsp3) is 0.706. The van der Waals surface area contributed by atoms with Crippen LogP contribution in [-0.4, -0.2) is 68.5 Å². The second-order valence-corrected chi connectivity index (χ2v) is 8.56. The Balaban J connectivity index is 2.04. The van der Waals surface area contributed by atoms with Gasteiger partial charge in [0, 0.05) is 38.9 Å². The van der Waals surface area contributed by atoms with Crippen molar-refractivity contribution in [3.8, 4) is 0 Å². The number of hydrogen-bond acceptors (Lipinski definition) is 5. The molecule has 0 amide bonds. The van der Waals surface area contributed by atoms with Gasteiger partial charge in [0.1, 0.15) is 10.0 Å². The lowest BCUT2D eigenvalue weighted by atomic mass is 10.2. The van der Waals surface area contributed by atoms with E-state index in [1.54, 1.807) is 4.31 Å². The first kappa shape index (κ1) is 20.6. The second kappa shape index (κ2) is 10.4. The van der Waals surface area contributed by atoms with Crippen molar-refractivity contribution in [3.63, 3.8) is 0 Å². The van der Waals surface area contributed by atoms with Crippen LogP contribution in [0.4, 0.5) is 0 Å². The SMILES string of the molecule is CCCCCCN(CCN1CCOCC1)S(=O)(=O)c1ccc(Cl)nc1. The summed E-state index contributed by atoms with van der Waals surface area (Å²) in [5, 5.41) is 0.293. The lowest BCUT2D eigenvalue weighted by molar-refractivity contribution is 0.0362. The van der Waals surface area contributed by atoms with E-state index in [4.69, 9.17) is 16.3 Å². The average Bonchev–Trinajstić information content (AvgIpc) is 2.62. The van der Waals surface area contributed by atoms with Crippen molar-refractivity contribution in [3.05, 3.63) is 23.5 Å². The molecule has 0 bridgehead atoms. The summed E-state index contributed by atoms with van der Waals surface area (Å²) in [4.78, 5) is 6.37. The van der Waals surface area contributed by atoms with E-state index in [0.29, 0.717) is 31.5 Å². The molecule has 0 radical (unpaired) electrons. The third-order valence-corrected chi connectivity index (χ3v) is 6.47. The van der Waals surface area contributed by atoms with Crippen molar-refractivity contribution in [1.82, 2.24) is 14.2 Å². The molecule has 1 aliphatic heterocycles. The van der Waals surface area contributed by atoms with Gasteiger partial charge in [-0.3, -0.25) is 4.90 Å². The van der Waals surface area contributed by atoms with E-state index in [1.165, 1.54) is 18.3 Å². The van der Waals surface area contributed by atoms with Crippen LogP contribution in [0.25, 0.3) is 0 Å². The summed E-state index contributed by atoms with van der Waals surface area (Å²) >= 11 is 5.78. The number of pyridine rings is 1. The molecule has 2 rings (SSSR count). The zero-order chi connectivity index (χ0) is 18.1. The molecule has 142 valence electrons. The molecule has 6 nitrogen and oxygen atoms in total. The fourth-order valence-electron chi connectivity index (χ4n) is 2.81. The Morgan fingerprint density at radius 3 is 2.60 bits per heavy atom. The molecule has 1 aliphatic rings. The van der Waals surface area contributed by atoms with Crippen molar-refractivity contribution >= 4 is 21.6 Å². The standard InChI is InChI=1S/C17H28ClN3O3S/c1-2-3-4-5-8-21(10-9-20-11-13-24-14-12-20)25(22,23)16-6-7-17(18)19-15-16/h6-7,15H,2-5,8-14H2,1H3. The van der Waals surface area contributed by atoms with Crippen molar-refractivity contribution in [2.24, 2.45) is 0 Å². The Labute approximate surface area is 156 Å². The molecule has 1 fully saturated rings. The summed E-state index contributed by atoms with van der Waals surface area (Å²) in [6.07, 6.45) is 5.50. The molecule has 0 spiro atoms. The maximum Gasteiger partial charge on any atom is 0.244 e. The van der Waals surface area contributed by atoms with Crippen LogP contribution in [0.15, 0.2) is 23.2 Å². The van der Waals surface area contributed by atoms with E-state index < -0.39 is 10.0 Å². The van der Waals surface area contributed by atoms with Gasteiger partial charge in [-0.15, -0.1) is 0 Å². The molecule has 25 heavy (non-hydrogen) atoms. The maximum atomic E-state index is 13.0. The number of halogens is 1. The summed E-state index contributed by atoms with van der Waals surface area (Å²) < 4.78 is 32.9. The first-order valence-corrected chi connectivity index (χ1v) is 10.8. The Bertz CT molecular complexity index is 604. The van der Waals surface area contributed by atoms with E-state index in [2.05, 4.69) is 16.8 Å². The maximum absolute atomic E-state index is 13.0. The van der Waals surface area contributed by atoms with Crippen LogP contribution >= 0.6 is 11.6 Å². The van der Waals surface area contributed by atoms with Crippen LogP contribution in [-0.2, 0) is 14.8 Å². The van der Waals surface area contributed by atoms with Gasteiger partial charge in [-0.05, 0) is 18.6 Å². The van der Waals surface area contributed by atoms with Gasteiger partial charge in [0.05, 0.1) is 13.2 Å². The predicted molar refractivity (Wildman–Crippen MR) is 99.4 cm³/mol. The van der Waals surface area contributed by atoms with Gasteiger partial charge in [0.2, 0.25) is 10.0 Å². The summed E-state index contributed by atoms with van der Waals surface area (Å²) in [5.74, 6) is 0. The van der Waals surface area contributed by atoms with Gasteiger partial charge < -0.3 is 4.74 Å². The summed E-state index contributed by atoms with van der Waals surface area (Å²) in [5.41, 5.74) is 0. The molecule has 2 heterocycles. The van der Waals surface area contributed by atoms with E-state index in [9.17, 15) is 8.42 Å². The molecule has 0 aliphatic carbocycles. The molecule has 1 aromatic heterocycles. The lowest BCUT2D eigenvalue weighted by Crippen LogP contribution is -2.43. The smallest absolute Gasteiger partial charge is 0.244 e. The molecule has 8 heteroatoms. The first-order valence-electron chi connectivity index (χ1n) is 8.96. The fourth-order valence-corrected chi connectivity index (χ4v) is 4.34. The van der Waals surface area contributed by atoms with Crippen LogP contribution < -0.4 is 0 Å². The predicted octanol–water partition coefficient (Wildman–Crippen LogP) is 2.64. The minimum atomic E-state index is -3.55. The zero-order valence-electron chi connectivity index (χ0n) is 14.9. The highest BCUT2D eigenvalue weighted by atomic mass is 35.5. The third kappa shape index (κ3) is 6.49. The van der Waals surface area contributed by atoms with Gasteiger partial charge in [0.25, 0.3) is 0 Å². The van der Waals surface area contributed by atoms with Crippen molar-refractivity contribution in [2.45, 2.75) is 37.5 Å². The minimum Gasteiger partial charge on any atom is -0.379 e. The molecule has 0 N–H and O–H groups in total. The van der Waals surface area contributed by atoms with Gasteiger partial charge in [0.15, 0.2) is 0 Å². The van der Waals surface area contributed by atoms with Gasteiger partial charge >= 0.3 is 0 Å². The van der Waals surface area contributed by atoms with Crippen molar-refractivity contribution in [1.29, 1.82) is 0 Å². The number of sulfonamides is 1. The van der Waals surface area contributed by atoms with Crippen LogP contribution in [0, 0.1) is 0 Å². The topological polar surface area (TPSA) is 62.7 Å². The van der Waals surface area contributed by atoms with Crippen molar-refractivity contribution in [2.75, 3.05) is 45.9 Å². The Hall–Kier alpha value is -0.730. The minimum absolute atomic E-state index is 0.203. The molecule has 0 unspecified atom stereocenters. The van der Waals surface area contributed by atoms with Crippen LogP contribution in [0.3, 0.4) is 0 Å². The molecular formula is C17H28ClN3O3S. The number of hydrogen-bond donors (Lipinski definition) is 0. The zero-order valence-corrected chi connectivity index (χ0v) is 16.4. The van der Waals surface area contributed by atoms with Crippen molar-refractivity contribution < 1.29 is 13.2 Å². The lowest BCUT2D eigenvalue weighted by Gasteiger charge is -2.29. The monoisotopic (exact) mass is 389 g/mol. The summed E-state index contributed by atoms with van der Waals surface area (Å²) in [6, 6.07) is 3.05.